The van der Waals surface area contributed by atoms with Crippen molar-refractivity contribution in [1.82, 2.24) is 9.88 Å². The van der Waals surface area contributed by atoms with Gasteiger partial charge in [0, 0.05) is 23.2 Å². The molecule has 1 N–H and O–H groups in total. The van der Waals surface area contributed by atoms with E-state index in [1.165, 1.54) is 19.2 Å². The third kappa shape index (κ3) is 4.72. The average Bonchev–Trinajstić information content (AvgIpc) is 3.17. The van der Waals surface area contributed by atoms with Gasteiger partial charge in [-0.15, -0.1) is 0 Å². The van der Waals surface area contributed by atoms with Gasteiger partial charge in [0.25, 0.3) is 0 Å². The second-order valence-corrected chi connectivity index (χ2v) is 8.00. The fraction of sp³-hybridized carbons (Fsp3) is 0.167. The number of ether oxygens (including phenoxy) is 1. The SMILES string of the molecule is COc1ccc(-c2cc(C(F)(F)F)on2)cc1S(=O)(=O)NCc1ccccc1Cl. The quantitative estimate of drug-likeness (QED) is 0.603. The van der Waals surface area contributed by atoms with Crippen molar-refractivity contribution in [3.05, 3.63) is 64.9 Å². The van der Waals surface area contributed by atoms with Crippen LogP contribution in [0.2, 0.25) is 5.02 Å². The Morgan fingerprint density at radius 3 is 2.52 bits per heavy atom. The molecule has 1 aromatic heterocycles. The van der Waals surface area contributed by atoms with Gasteiger partial charge in [0.05, 0.1) is 7.11 Å². The van der Waals surface area contributed by atoms with Crippen LogP contribution < -0.4 is 9.46 Å². The molecule has 0 bridgehead atoms. The summed E-state index contributed by atoms with van der Waals surface area (Å²) in [6.07, 6.45) is -4.71. The molecule has 29 heavy (non-hydrogen) atoms. The predicted molar refractivity (Wildman–Crippen MR) is 99.0 cm³/mol. The summed E-state index contributed by atoms with van der Waals surface area (Å²) in [5.74, 6) is -1.27. The number of nitrogens with one attached hydrogen (secondary N) is 1. The summed E-state index contributed by atoms with van der Waals surface area (Å²) < 4.78 is 75.5. The Kier molecular flexibility index (Phi) is 5.87. The first-order chi connectivity index (χ1) is 13.6. The van der Waals surface area contributed by atoms with Gasteiger partial charge < -0.3 is 9.26 Å². The van der Waals surface area contributed by atoms with Crippen molar-refractivity contribution in [1.29, 1.82) is 0 Å². The largest absolute Gasteiger partial charge is 0.495 e. The minimum atomic E-state index is -4.71. The molecule has 3 rings (SSSR count). The number of methoxy groups -OCH3 is 1. The molecule has 0 atom stereocenters. The number of hydrogen-bond donors (Lipinski definition) is 1. The first-order valence-corrected chi connectivity index (χ1v) is 9.93. The molecule has 1 heterocycles. The van der Waals surface area contributed by atoms with Gasteiger partial charge in [0.15, 0.2) is 0 Å². The summed E-state index contributed by atoms with van der Waals surface area (Å²) in [4.78, 5) is -0.263. The standard InChI is InChI=1S/C18H14ClF3N2O4S/c1-27-15-7-6-11(14-9-17(28-24-14)18(20,21)22)8-16(15)29(25,26)23-10-12-4-2-3-5-13(12)19/h2-9,23H,10H2,1H3. The summed E-state index contributed by atoms with van der Waals surface area (Å²) in [6.45, 7) is -0.0857. The van der Waals surface area contributed by atoms with Crippen molar-refractivity contribution in [2.45, 2.75) is 17.6 Å². The second-order valence-electron chi connectivity index (χ2n) is 5.86. The minimum Gasteiger partial charge on any atom is -0.495 e. The van der Waals surface area contributed by atoms with E-state index in [9.17, 15) is 21.6 Å². The topological polar surface area (TPSA) is 81.4 Å². The van der Waals surface area contributed by atoms with Crippen molar-refractivity contribution in [3.8, 4) is 17.0 Å². The Balaban J connectivity index is 1.94. The zero-order chi connectivity index (χ0) is 21.2. The molecule has 0 amide bonds. The van der Waals surface area contributed by atoms with Crippen molar-refractivity contribution >= 4 is 21.6 Å². The minimum absolute atomic E-state index is 0.0138. The second kappa shape index (κ2) is 8.05. The van der Waals surface area contributed by atoms with Crippen LogP contribution >= 0.6 is 11.6 Å². The van der Waals surface area contributed by atoms with Crippen LogP contribution in [0.1, 0.15) is 11.3 Å². The van der Waals surface area contributed by atoms with E-state index in [4.69, 9.17) is 16.3 Å². The molecule has 0 aliphatic rings. The zero-order valence-electron chi connectivity index (χ0n) is 14.8. The summed E-state index contributed by atoms with van der Waals surface area (Å²) in [7, 11) is -2.81. The van der Waals surface area contributed by atoms with E-state index in [0.717, 1.165) is 6.07 Å². The van der Waals surface area contributed by atoms with Crippen LogP contribution in [0, 0.1) is 0 Å². The lowest BCUT2D eigenvalue weighted by molar-refractivity contribution is -0.155. The predicted octanol–water partition coefficient (Wildman–Crippen LogP) is 4.50. The number of benzene rings is 2. The molecule has 0 spiro atoms. The van der Waals surface area contributed by atoms with Crippen LogP contribution in [-0.4, -0.2) is 20.7 Å². The monoisotopic (exact) mass is 446 g/mol. The first kappa shape index (κ1) is 21.2. The molecular weight excluding hydrogens is 433 g/mol. The molecule has 0 aliphatic carbocycles. The summed E-state index contributed by atoms with van der Waals surface area (Å²) in [5, 5.41) is 3.76. The lowest BCUT2D eigenvalue weighted by atomic mass is 10.1. The molecule has 0 radical (unpaired) electrons. The number of rotatable bonds is 6. The molecule has 0 saturated heterocycles. The van der Waals surface area contributed by atoms with Crippen LogP contribution in [-0.2, 0) is 22.7 Å². The molecule has 0 unspecified atom stereocenters. The molecule has 11 heteroatoms. The number of nitrogens with zero attached hydrogens (tertiary/aromatic N) is 1. The van der Waals surface area contributed by atoms with Crippen molar-refractivity contribution in [2.24, 2.45) is 0 Å². The number of sulfonamides is 1. The molecule has 0 fully saturated rings. The molecule has 0 aliphatic heterocycles. The smallest absolute Gasteiger partial charge is 0.452 e. The Bertz CT molecular complexity index is 1130. The molecule has 2 aromatic carbocycles. The van der Waals surface area contributed by atoms with E-state index in [1.54, 1.807) is 24.3 Å². The van der Waals surface area contributed by atoms with Crippen molar-refractivity contribution < 1.29 is 30.8 Å². The maximum Gasteiger partial charge on any atom is 0.452 e. The molecular formula is C18H14ClF3N2O4S. The van der Waals surface area contributed by atoms with Gasteiger partial charge in [0.2, 0.25) is 15.8 Å². The van der Waals surface area contributed by atoms with Crippen LogP contribution in [0.25, 0.3) is 11.3 Å². The summed E-state index contributed by atoms with van der Waals surface area (Å²) in [6, 6.07) is 11.2. The summed E-state index contributed by atoms with van der Waals surface area (Å²) in [5.41, 5.74) is 0.505. The van der Waals surface area contributed by atoms with E-state index in [0.29, 0.717) is 16.7 Å². The zero-order valence-corrected chi connectivity index (χ0v) is 16.4. The highest BCUT2D eigenvalue weighted by Gasteiger charge is 2.36. The average molecular weight is 447 g/mol. The fourth-order valence-electron chi connectivity index (χ4n) is 2.48. The molecule has 6 nitrogen and oxygen atoms in total. The highest BCUT2D eigenvalue weighted by Crippen LogP contribution is 2.34. The number of alkyl halides is 3. The molecule has 154 valence electrons. The van der Waals surface area contributed by atoms with E-state index < -0.39 is 22.0 Å². The first-order valence-electron chi connectivity index (χ1n) is 8.07. The third-order valence-corrected chi connectivity index (χ3v) is 5.74. The lowest BCUT2D eigenvalue weighted by Crippen LogP contribution is -2.24. The highest BCUT2D eigenvalue weighted by atomic mass is 35.5. The Hall–Kier alpha value is -2.56. The lowest BCUT2D eigenvalue weighted by Gasteiger charge is -2.12. The van der Waals surface area contributed by atoms with E-state index in [-0.39, 0.29) is 28.4 Å². The van der Waals surface area contributed by atoms with Crippen molar-refractivity contribution in [2.75, 3.05) is 7.11 Å². The number of hydrogen-bond acceptors (Lipinski definition) is 5. The Morgan fingerprint density at radius 2 is 1.90 bits per heavy atom. The molecule has 3 aromatic rings. The normalized spacial score (nSPS) is 12.2. The fourth-order valence-corrected chi connectivity index (χ4v) is 3.89. The van der Waals surface area contributed by atoms with Crippen LogP contribution in [0.4, 0.5) is 13.2 Å². The van der Waals surface area contributed by atoms with Crippen LogP contribution in [0.3, 0.4) is 0 Å². The maximum absolute atomic E-state index is 12.8. The number of halogens is 4. The van der Waals surface area contributed by atoms with Crippen LogP contribution in [0.5, 0.6) is 5.75 Å². The van der Waals surface area contributed by atoms with E-state index >= 15 is 0 Å². The van der Waals surface area contributed by atoms with Gasteiger partial charge in [-0.1, -0.05) is 35.0 Å². The third-order valence-electron chi connectivity index (χ3n) is 3.95. The highest BCUT2D eigenvalue weighted by molar-refractivity contribution is 7.89. The molecule has 0 saturated carbocycles. The van der Waals surface area contributed by atoms with Gasteiger partial charge in [-0.2, -0.15) is 13.2 Å². The Labute approximate surface area is 169 Å². The van der Waals surface area contributed by atoms with Gasteiger partial charge in [0.1, 0.15) is 16.3 Å². The van der Waals surface area contributed by atoms with E-state index in [2.05, 4.69) is 14.4 Å². The van der Waals surface area contributed by atoms with Gasteiger partial charge in [-0.25, -0.2) is 13.1 Å². The number of aromatic nitrogens is 1. The van der Waals surface area contributed by atoms with Gasteiger partial charge in [-0.05, 0) is 29.8 Å². The summed E-state index contributed by atoms with van der Waals surface area (Å²) >= 11 is 6.03. The Morgan fingerprint density at radius 1 is 1.17 bits per heavy atom. The van der Waals surface area contributed by atoms with Crippen molar-refractivity contribution in [3.63, 3.8) is 0 Å². The van der Waals surface area contributed by atoms with Gasteiger partial charge in [-0.3, -0.25) is 0 Å². The van der Waals surface area contributed by atoms with Gasteiger partial charge >= 0.3 is 6.18 Å². The van der Waals surface area contributed by atoms with E-state index in [1.807, 2.05) is 0 Å². The van der Waals surface area contributed by atoms with Crippen LogP contribution in [0.15, 0.2) is 57.9 Å². The maximum atomic E-state index is 12.8.